The molecular weight excluding hydrogens is 489 g/mol. The van der Waals surface area contributed by atoms with Gasteiger partial charge in [-0.2, -0.15) is 28.6 Å². The highest BCUT2D eigenvalue weighted by atomic mass is 19.4. The van der Waals surface area contributed by atoms with Crippen LogP contribution in [0.1, 0.15) is 29.4 Å². The van der Waals surface area contributed by atoms with Crippen molar-refractivity contribution in [2.75, 3.05) is 18.0 Å². The number of anilines is 1. The van der Waals surface area contributed by atoms with Gasteiger partial charge in [-0.25, -0.2) is 8.78 Å². The van der Waals surface area contributed by atoms with E-state index in [0.29, 0.717) is 29.8 Å². The van der Waals surface area contributed by atoms with Crippen LogP contribution in [-0.4, -0.2) is 56.3 Å². The molecule has 0 bridgehead atoms. The molecule has 1 fully saturated rings. The van der Waals surface area contributed by atoms with Gasteiger partial charge in [-0.3, -0.25) is 14.6 Å². The van der Waals surface area contributed by atoms with Crippen LogP contribution in [0.5, 0.6) is 0 Å². The maximum Gasteiger partial charge on any atom is 0.408 e. The number of amides is 1. The van der Waals surface area contributed by atoms with Crippen LogP contribution in [-0.2, 0) is 12.1 Å². The summed E-state index contributed by atoms with van der Waals surface area (Å²) in [5.41, 5.74) is -0.403. The maximum absolute atomic E-state index is 14.8. The number of aromatic nitrogens is 4. The van der Waals surface area contributed by atoms with Gasteiger partial charge < -0.3 is 15.3 Å². The normalized spacial score (nSPS) is 15.8. The largest absolute Gasteiger partial charge is 0.408 e. The van der Waals surface area contributed by atoms with Crippen molar-refractivity contribution in [1.29, 1.82) is 5.26 Å². The number of alkyl halides is 3. The van der Waals surface area contributed by atoms with Crippen molar-refractivity contribution in [2.45, 2.75) is 37.7 Å². The Morgan fingerprint density at radius 3 is 2.64 bits per heavy atom. The lowest BCUT2D eigenvalue weighted by Gasteiger charge is -2.50. The summed E-state index contributed by atoms with van der Waals surface area (Å²) in [4.78, 5) is 13.5. The molecular formula is C22H20F5N7O2. The molecule has 1 atom stereocenters. The average Bonchev–Trinajstić information content (AvgIpc) is 3.46. The first-order valence-corrected chi connectivity index (χ1v) is 10.7. The van der Waals surface area contributed by atoms with Crippen molar-refractivity contribution in [3.63, 3.8) is 0 Å². The van der Waals surface area contributed by atoms with Crippen LogP contribution in [0, 0.1) is 23.0 Å². The average molecular weight is 509 g/mol. The third kappa shape index (κ3) is 4.49. The van der Waals surface area contributed by atoms with Crippen LogP contribution < -0.4 is 10.2 Å². The Balaban J connectivity index is 1.57. The molecule has 3 N–H and O–H groups in total. The third-order valence-electron chi connectivity index (χ3n) is 6.07. The van der Waals surface area contributed by atoms with E-state index >= 15 is 0 Å². The second-order valence-corrected chi connectivity index (χ2v) is 8.51. The number of carbonyl (C=O) groups excluding carboxylic acids is 1. The predicted molar refractivity (Wildman–Crippen MR) is 115 cm³/mol. The molecule has 1 amide bonds. The first-order valence-electron chi connectivity index (χ1n) is 10.7. The zero-order chi connectivity index (χ0) is 26.3. The highest BCUT2D eigenvalue weighted by Gasteiger charge is 2.47. The molecule has 3 aromatic rings. The molecule has 1 unspecified atom stereocenters. The minimum absolute atomic E-state index is 0.0270. The lowest BCUT2D eigenvalue weighted by molar-refractivity contribution is -0.149. The molecule has 4 rings (SSSR count). The number of carbonyl (C=O) groups is 1. The summed E-state index contributed by atoms with van der Waals surface area (Å²) in [7, 11) is 0. The molecule has 190 valence electrons. The molecule has 1 aliphatic heterocycles. The van der Waals surface area contributed by atoms with Gasteiger partial charge in [0, 0.05) is 42.7 Å². The number of benzene rings is 1. The van der Waals surface area contributed by atoms with Crippen LogP contribution in [0.3, 0.4) is 0 Å². The van der Waals surface area contributed by atoms with Gasteiger partial charge in [-0.15, -0.1) is 0 Å². The van der Waals surface area contributed by atoms with Gasteiger partial charge in [0.1, 0.15) is 23.2 Å². The zero-order valence-corrected chi connectivity index (χ0v) is 18.8. The third-order valence-corrected chi connectivity index (χ3v) is 6.07. The summed E-state index contributed by atoms with van der Waals surface area (Å²) in [5.74, 6) is -3.60. The molecule has 14 heteroatoms. The van der Waals surface area contributed by atoms with Crippen molar-refractivity contribution < 1.29 is 31.9 Å². The SMILES string of the molecule is CC(NC(=O)c1cc(F)c(N2CC(CC#N)(n3cc(-c4cn[nH]c4)c(CO)n3)C2)cc1F)C(F)(F)F. The summed E-state index contributed by atoms with van der Waals surface area (Å²) in [6.07, 6.45) is 0.00994. The highest BCUT2D eigenvalue weighted by molar-refractivity contribution is 5.95. The number of halogens is 5. The number of hydrogen-bond donors (Lipinski definition) is 3. The Morgan fingerprint density at radius 2 is 2.06 bits per heavy atom. The predicted octanol–water partition coefficient (Wildman–Crippen LogP) is 2.85. The van der Waals surface area contributed by atoms with Crippen LogP contribution >= 0.6 is 0 Å². The summed E-state index contributed by atoms with van der Waals surface area (Å²) in [5, 5.41) is 31.6. The van der Waals surface area contributed by atoms with Crippen LogP contribution in [0.25, 0.3) is 11.1 Å². The van der Waals surface area contributed by atoms with Gasteiger partial charge >= 0.3 is 6.18 Å². The molecule has 0 spiro atoms. The van der Waals surface area contributed by atoms with E-state index in [4.69, 9.17) is 0 Å². The lowest BCUT2D eigenvalue weighted by Crippen LogP contribution is -2.63. The summed E-state index contributed by atoms with van der Waals surface area (Å²) in [6.45, 7) is 0.400. The monoisotopic (exact) mass is 509 g/mol. The quantitative estimate of drug-likeness (QED) is 0.421. The lowest BCUT2D eigenvalue weighted by atomic mass is 9.86. The van der Waals surface area contributed by atoms with Crippen molar-refractivity contribution >= 4 is 11.6 Å². The summed E-state index contributed by atoms with van der Waals surface area (Å²) >= 11 is 0. The summed E-state index contributed by atoms with van der Waals surface area (Å²) < 4.78 is 69.1. The molecule has 9 nitrogen and oxygen atoms in total. The number of rotatable bonds is 7. The van der Waals surface area contributed by atoms with E-state index in [2.05, 4.69) is 21.4 Å². The number of hydrogen-bond acceptors (Lipinski definition) is 6. The second-order valence-electron chi connectivity index (χ2n) is 8.51. The van der Waals surface area contributed by atoms with E-state index in [1.807, 2.05) is 0 Å². The number of aliphatic hydroxyl groups excluding tert-OH is 1. The fourth-order valence-corrected chi connectivity index (χ4v) is 4.04. The van der Waals surface area contributed by atoms with E-state index < -0.39 is 40.9 Å². The van der Waals surface area contributed by atoms with Crippen molar-refractivity contribution in [3.8, 4) is 17.2 Å². The van der Waals surface area contributed by atoms with E-state index in [9.17, 15) is 37.1 Å². The van der Waals surface area contributed by atoms with E-state index in [1.165, 1.54) is 15.8 Å². The topological polar surface area (TPSA) is 123 Å². The Labute approximate surface area is 201 Å². The van der Waals surface area contributed by atoms with Gasteiger partial charge in [0.15, 0.2) is 0 Å². The zero-order valence-electron chi connectivity index (χ0n) is 18.8. The van der Waals surface area contributed by atoms with Crippen LogP contribution in [0.4, 0.5) is 27.6 Å². The smallest absolute Gasteiger partial charge is 0.390 e. The Hall–Kier alpha value is -3.99. The molecule has 0 saturated carbocycles. The number of nitrogens with zero attached hydrogens (tertiary/aromatic N) is 5. The van der Waals surface area contributed by atoms with Crippen molar-refractivity contribution in [1.82, 2.24) is 25.3 Å². The molecule has 2 aromatic heterocycles. The van der Waals surface area contributed by atoms with E-state index in [-0.39, 0.29) is 31.8 Å². The molecule has 1 saturated heterocycles. The van der Waals surface area contributed by atoms with Crippen molar-refractivity contribution in [2.24, 2.45) is 0 Å². The highest BCUT2D eigenvalue weighted by Crippen LogP contribution is 2.39. The van der Waals surface area contributed by atoms with E-state index in [1.54, 1.807) is 17.7 Å². The Bertz CT molecular complexity index is 1310. The van der Waals surface area contributed by atoms with Crippen molar-refractivity contribution in [3.05, 3.63) is 53.6 Å². The Morgan fingerprint density at radius 1 is 1.33 bits per heavy atom. The second kappa shape index (κ2) is 9.23. The summed E-state index contributed by atoms with van der Waals surface area (Å²) in [6, 6.07) is 1.09. The van der Waals surface area contributed by atoms with E-state index in [0.717, 1.165) is 6.07 Å². The van der Waals surface area contributed by atoms with Gasteiger partial charge in [0.25, 0.3) is 5.91 Å². The minimum atomic E-state index is -4.74. The van der Waals surface area contributed by atoms with Gasteiger partial charge in [0.05, 0.1) is 42.2 Å². The van der Waals surface area contributed by atoms with Gasteiger partial charge in [0.2, 0.25) is 0 Å². The fourth-order valence-electron chi connectivity index (χ4n) is 4.04. The number of aliphatic hydroxyl groups is 1. The molecule has 36 heavy (non-hydrogen) atoms. The fraction of sp³-hybridized carbons (Fsp3) is 0.364. The van der Waals surface area contributed by atoms with Crippen LogP contribution in [0.15, 0.2) is 30.7 Å². The Kier molecular flexibility index (Phi) is 6.44. The molecule has 3 heterocycles. The van der Waals surface area contributed by atoms with Crippen LogP contribution in [0.2, 0.25) is 0 Å². The number of nitriles is 1. The number of H-pyrrole nitrogens is 1. The maximum atomic E-state index is 14.8. The molecule has 1 aliphatic rings. The molecule has 0 radical (unpaired) electrons. The van der Waals surface area contributed by atoms with Gasteiger partial charge in [-0.1, -0.05) is 0 Å². The standard InChI is InChI=1S/C22H20F5N7O2/c1-12(22(25,26)27)31-20(36)14-4-17(24)19(5-16(14)23)33-10-21(11-33,2-3-28)34-8-15(18(9-35)32-34)13-6-29-30-7-13/h4-8,12,35H,2,9-11H2,1H3,(H,29,30)(H,31,36). The molecule has 0 aliphatic carbocycles. The number of aromatic amines is 1. The first-order chi connectivity index (χ1) is 17.0. The molecule has 1 aromatic carbocycles. The van der Waals surface area contributed by atoms with Gasteiger partial charge in [-0.05, 0) is 13.0 Å². The number of nitrogens with one attached hydrogen (secondary N) is 2. The first kappa shape index (κ1) is 25.1. The minimum Gasteiger partial charge on any atom is -0.390 e.